The topological polar surface area (TPSA) is 74.7 Å². The number of hydrogen-bond donors (Lipinski definition) is 2. The van der Waals surface area contributed by atoms with E-state index in [0.29, 0.717) is 22.5 Å². The molecule has 0 aliphatic rings. The Balaban J connectivity index is 1.95. The Morgan fingerprint density at radius 1 is 1.53 bits per heavy atom. The molecule has 1 atom stereocenters. The fraction of sp³-hybridized carbons (Fsp3) is 0.200. The molecule has 0 bridgehead atoms. The second kappa shape index (κ2) is 5.33. The van der Waals surface area contributed by atoms with Crippen LogP contribution in [-0.4, -0.2) is 25.3 Å². The Labute approximate surface area is 105 Å². The van der Waals surface area contributed by atoms with Gasteiger partial charge in [-0.15, -0.1) is 5.10 Å². The summed E-state index contributed by atoms with van der Waals surface area (Å²) in [7, 11) is 0. The third-order valence-electron chi connectivity index (χ3n) is 2.12. The molecule has 0 fully saturated rings. The van der Waals surface area contributed by atoms with Crippen LogP contribution in [0, 0.1) is 12.2 Å². The third kappa shape index (κ3) is 3.31. The maximum Gasteiger partial charge on any atom is 0.217 e. The van der Waals surface area contributed by atoms with Crippen molar-refractivity contribution in [3.63, 3.8) is 0 Å². The molecule has 2 aromatic rings. The fourth-order valence-electron chi connectivity index (χ4n) is 1.31. The number of nitrogens with zero attached hydrogens (tertiary/aromatic N) is 3. The van der Waals surface area contributed by atoms with E-state index in [1.807, 2.05) is 0 Å². The molecule has 0 saturated heterocycles. The lowest BCUT2D eigenvalue weighted by molar-refractivity contribution is 0.177. The zero-order chi connectivity index (χ0) is 12.3. The summed E-state index contributed by atoms with van der Waals surface area (Å²) in [5, 5.41) is 16.2. The quantitative estimate of drug-likeness (QED) is 0.902. The van der Waals surface area contributed by atoms with E-state index in [0.717, 1.165) is 6.20 Å². The molecule has 2 aromatic heterocycles. The second-order valence-electron chi connectivity index (χ2n) is 3.38. The van der Waals surface area contributed by atoms with Gasteiger partial charge in [-0.2, -0.15) is 0 Å². The number of aliphatic hydroxyl groups excluding tert-OH is 1. The van der Waals surface area contributed by atoms with Crippen LogP contribution in [0.4, 0.5) is 4.39 Å². The van der Waals surface area contributed by atoms with Gasteiger partial charge in [-0.05, 0) is 28.4 Å². The van der Waals surface area contributed by atoms with Gasteiger partial charge in [0.2, 0.25) is 4.73 Å². The maximum absolute atomic E-state index is 12.9. The van der Waals surface area contributed by atoms with Crippen molar-refractivity contribution in [2.45, 2.75) is 12.5 Å². The predicted octanol–water partition coefficient (Wildman–Crippen LogP) is 1.78. The Hall–Kier alpha value is -1.34. The van der Waals surface area contributed by atoms with E-state index in [1.54, 1.807) is 6.42 Å². The number of halogens is 2. The molecule has 2 heterocycles. The maximum atomic E-state index is 12.9. The first kappa shape index (κ1) is 12.1. The molecule has 5 nitrogen and oxygen atoms in total. The average Bonchev–Trinajstić information content (AvgIpc) is 2.72. The number of pyridine rings is 1. The van der Waals surface area contributed by atoms with Crippen LogP contribution < -0.4 is 0 Å². The predicted molar refractivity (Wildman–Crippen MR) is 61.3 cm³/mol. The van der Waals surface area contributed by atoms with Crippen LogP contribution in [0.3, 0.4) is 0 Å². The van der Waals surface area contributed by atoms with Gasteiger partial charge in [0.1, 0.15) is 11.6 Å². The van der Waals surface area contributed by atoms with Gasteiger partial charge >= 0.3 is 0 Å². The lowest BCUT2D eigenvalue weighted by Gasteiger charge is -2.08. The highest BCUT2D eigenvalue weighted by molar-refractivity contribution is 9.10. The number of nitrogens with one attached hydrogen (secondary N) is 1. The Bertz CT molecular complexity index is 505. The molecule has 0 amide bonds. The Kier molecular flexibility index (Phi) is 3.80. The molecule has 1 unspecified atom stereocenters. The van der Waals surface area contributed by atoms with Crippen molar-refractivity contribution in [2.75, 3.05) is 0 Å². The van der Waals surface area contributed by atoms with Gasteiger partial charge in [-0.25, -0.2) is 9.37 Å². The lowest BCUT2D eigenvalue weighted by Crippen LogP contribution is -2.00. The molecular weight excluding hydrogens is 291 g/mol. The van der Waals surface area contributed by atoms with Crippen LogP contribution in [0.2, 0.25) is 0 Å². The van der Waals surface area contributed by atoms with E-state index >= 15 is 0 Å². The van der Waals surface area contributed by atoms with E-state index in [-0.39, 0.29) is 0 Å². The van der Waals surface area contributed by atoms with Crippen LogP contribution >= 0.6 is 15.9 Å². The van der Waals surface area contributed by atoms with Gasteiger partial charge in [0.15, 0.2) is 0 Å². The normalized spacial score (nSPS) is 12.6. The Morgan fingerprint density at radius 2 is 2.35 bits per heavy atom. The van der Waals surface area contributed by atoms with Crippen molar-refractivity contribution in [2.24, 2.45) is 0 Å². The summed E-state index contributed by atoms with van der Waals surface area (Å²) in [6.45, 7) is 0. The van der Waals surface area contributed by atoms with Crippen LogP contribution in [0.1, 0.15) is 23.9 Å². The fourth-order valence-corrected chi connectivity index (χ4v) is 1.59. The molecule has 17 heavy (non-hydrogen) atoms. The minimum absolute atomic E-state index is 0.298. The van der Waals surface area contributed by atoms with Crippen molar-refractivity contribution in [1.82, 2.24) is 20.2 Å². The van der Waals surface area contributed by atoms with Crippen molar-refractivity contribution in [3.8, 4) is 0 Å². The minimum Gasteiger partial charge on any atom is -0.388 e. The number of H-pyrrole nitrogens is 1. The molecule has 0 spiro atoms. The molecule has 0 saturated carbocycles. The highest BCUT2D eigenvalue weighted by Gasteiger charge is 2.11. The van der Waals surface area contributed by atoms with Crippen molar-refractivity contribution in [3.05, 3.63) is 46.8 Å². The molecule has 7 heteroatoms. The van der Waals surface area contributed by atoms with Gasteiger partial charge in [-0.1, -0.05) is 0 Å². The average molecular weight is 300 g/mol. The molecule has 0 aliphatic carbocycles. The summed E-state index contributed by atoms with van der Waals surface area (Å²) in [5.74, 6) is 0.0734. The molecule has 0 aromatic carbocycles. The molecule has 2 N–H and O–H groups in total. The van der Waals surface area contributed by atoms with Crippen LogP contribution in [0.5, 0.6) is 0 Å². The van der Waals surface area contributed by atoms with E-state index in [1.165, 1.54) is 12.3 Å². The van der Waals surface area contributed by atoms with Gasteiger partial charge in [0, 0.05) is 18.2 Å². The standard InChI is InChI=1S/C10H9BrFN4O/c11-10-14-9(15-16-10)2-1-8(17)6-3-7(12)5-13-4-6/h2-5,8,17H,1H2,(H,14,15,16). The van der Waals surface area contributed by atoms with E-state index < -0.39 is 11.9 Å². The minimum atomic E-state index is -0.818. The Morgan fingerprint density at radius 3 is 3.00 bits per heavy atom. The van der Waals surface area contributed by atoms with Crippen LogP contribution in [-0.2, 0) is 0 Å². The largest absolute Gasteiger partial charge is 0.388 e. The summed E-state index contributed by atoms with van der Waals surface area (Å²) in [5.41, 5.74) is 0.430. The van der Waals surface area contributed by atoms with E-state index in [2.05, 4.69) is 36.1 Å². The highest BCUT2D eigenvalue weighted by atomic mass is 79.9. The van der Waals surface area contributed by atoms with Crippen molar-refractivity contribution < 1.29 is 9.50 Å². The summed E-state index contributed by atoms with van der Waals surface area (Å²) in [6, 6.07) is 1.25. The summed E-state index contributed by atoms with van der Waals surface area (Å²) >= 11 is 3.10. The summed E-state index contributed by atoms with van der Waals surface area (Å²) in [4.78, 5) is 7.66. The number of hydrogen-bond acceptors (Lipinski definition) is 4. The first-order chi connectivity index (χ1) is 8.15. The zero-order valence-corrected chi connectivity index (χ0v) is 10.2. The summed E-state index contributed by atoms with van der Waals surface area (Å²) in [6.07, 6.45) is 3.67. The third-order valence-corrected chi connectivity index (χ3v) is 2.48. The lowest BCUT2D eigenvalue weighted by atomic mass is 10.1. The molecular formula is C10H9BrFN4O. The van der Waals surface area contributed by atoms with Crippen LogP contribution in [0.15, 0.2) is 23.2 Å². The number of aromatic amines is 1. The zero-order valence-electron chi connectivity index (χ0n) is 8.64. The monoisotopic (exact) mass is 299 g/mol. The highest BCUT2D eigenvalue weighted by Crippen LogP contribution is 2.19. The van der Waals surface area contributed by atoms with Crippen molar-refractivity contribution in [1.29, 1.82) is 0 Å². The molecule has 2 rings (SSSR count). The smallest absolute Gasteiger partial charge is 0.217 e. The van der Waals surface area contributed by atoms with Crippen molar-refractivity contribution >= 4 is 15.9 Å². The number of aliphatic hydroxyl groups is 1. The molecule has 89 valence electrons. The van der Waals surface area contributed by atoms with Gasteiger partial charge in [0.25, 0.3) is 0 Å². The van der Waals surface area contributed by atoms with Gasteiger partial charge in [0.05, 0.1) is 12.3 Å². The first-order valence-electron chi connectivity index (χ1n) is 4.85. The number of rotatable bonds is 4. The molecule has 0 aliphatic heterocycles. The van der Waals surface area contributed by atoms with Crippen LogP contribution in [0.25, 0.3) is 0 Å². The van der Waals surface area contributed by atoms with Gasteiger partial charge < -0.3 is 5.11 Å². The number of aromatic nitrogens is 4. The SMILES string of the molecule is OC(C[CH]c1nc(Br)n[nH]1)c1cncc(F)c1. The van der Waals surface area contributed by atoms with E-state index in [9.17, 15) is 9.50 Å². The first-order valence-corrected chi connectivity index (χ1v) is 5.64. The van der Waals surface area contributed by atoms with E-state index in [4.69, 9.17) is 0 Å². The summed E-state index contributed by atoms with van der Waals surface area (Å²) < 4.78 is 13.3. The molecule has 1 radical (unpaired) electrons. The van der Waals surface area contributed by atoms with Gasteiger partial charge in [-0.3, -0.25) is 10.1 Å². The second-order valence-corrected chi connectivity index (χ2v) is 4.09.